The number of carbonyl (C=O) groups is 4. The van der Waals surface area contributed by atoms with Gasteiger partial charge in [-0.3, -0.25) is 9.59 Å². The molecule has 2 aliphatic heterocycles. The number of carbonyl (C=O) groups excluding carboxylic acids is 4. The lowest BCUT2D eigenvalue weighted by Crippen LogP contribution is -2.63. The third-order valence-electron chi connectivity index (χ3n) is 9.34. The molecule has 1 saturated heterocycles. The van der Waals surface area contributed by atoms with E-state index in [1.54, 1.807) is 42.5 Å². The van der Waals surface area contributed by atoms with Crippen LogP contribution in [0.1, 0.15) is 58.5 Å². The van der Waals surface area contributed by atoms with E-state index in [1.807, 2.05) is 12.1 Å². The van der Waals surface area contributed by atoms with Gasteiger partial charge in [-0.05, 0) is 80.7 Å². The number of hydrogen-bond acceptors (Lipinski definition) is 10. The second-order valence-corrected chi connectivity index (χ2v) is 11.9. The summed E-state index contributed by atoms with van der Waals surface area (Å²) >= 11 is 0. The van der Waals surface area contributed by atoms with Gasteiger partial charge in [-0.2, -0.15) is 0 Å². The van der Waals surface area contributed by atoms with Gasteiger partial charge < -0.3 is 28.6 Å². The van der Waals surface area contributed by atoms with Crippen LogP contribution in [-0.4, -0.2) is 54.5 Å². The zero-order chi connectivity index (χ0) is 31.5. The summed E-state index contributed by atoms with van der Waals surface area (Å²) in [5, 5.41) is 0. The highest BCUT2D eigenvalue weighted by atomic mass is 16.6. The van der Waals surface area contributed by atoms with E-state index >= 15 is 0 Å². The third kappa shape index (κ3) is 4.67. The lowest BCUT2D eigenvalue weighted by Gasteiger charge is -2.56. The van der Waals surface area contributed by atoms with Gasteiger partial charge in [-0.15, -0.1) is 0 Å². The number of likely N-dealkylation sites (N-methyl/N-ethyl adjacent to an activating group) is 1. The SMILES string of the molecule is CC(=O)Oc1ccccc1C(=O)OC1=CCC2C3Cc4ccc(OC(=O)c5ccccc5OC(C)=O)c5c4C2(CCN3C)C1O5. The Morgan fingerprint density at radius 3 is 2.07 bits per heavy atom. The molecule has 7 rings (SSSR count). The molecule has 0 radical (unpaired) electrons. The first kappa shape index (κ1) is 28.8. The molecule has 4 atom stereocenters. The molecule has 4 aliphatic rings. The van der Waals surface area contributed by atoms with E-state index < -0.39 is 35.4 Å². The van der Waals surface area contributed by atoms with E-state index in [4.69, 9.17) is 23.7 Å². The molecule has 2 aliphatic carbocycles. The quantitative estimate of drug-likeness (QED) is 0.286. The summed E-state index contributed by atoms with van der Waals surface area (Å²) in [5.41, 5.74) is 1.81. The Morgan fingerprint density at radius 2 is 1.42 bits per heavy atom. The summed E-state index contributed by atoms with van der Waals surface area (Å²) in [4.78, 5) is 52.6. The Morgan fingerprint density at radius 1 is 0.800 bits per heavy atom. The Bertz CT molecular complexity index is 1800. The van der Waals surface area contributed by atoms with Crippen LogP contribution in [0.25, 0.3) is 0 Å². The van der Waals surface area contributed by atoms with Crippen molar-refractivity contribution in [3.05, 3.63) is 94.8 Å². The molecule has 3 aromatic carbocycles. The third-order valence-corrected chi connectivity index (χ3v) is 9.34. The average Bonchev–Trinajstić information content (AvgIpc) is 3.36. The van der Waals surface area contributed by atoms with Crippen LogP contribution in [-0.2, 0) is 26.2 Å². The maximum atomic E-state index is 13.5. The van der Waals surface area contributed by atoms with Crippen LogP contribution < -0.4 is 18.9 Å². The molecule has 10 heteroatoms. The van der Waals surface area contributed by atoms with E-state index in [1.165, 1.54) is 26.0 Å². The standard InChI is InChI=1S/C35H31NO9/c1-19(37)41-26-10-6-4-8-22(26)33(39)43-28-14-12-21-18-25-24-13-15-29(32-35(24,16-17-36(25)3)30(21)31(28)45-32)44-34(40)23-9-5-7-11-27(23)42-20(2)38/h4-12,14-15,24-25,32H,13,16-18H2,1-3H3. The van der Waals surface area contributed by atoms with Crippen molar-refractivity contribution in [2.45, 2.75) is 50.7 Å². The molecule has 2 heterocycles. The van der Waals surface area contributed by atoms with Crippen LogP contribution in [0.2, 0.25) is 0 Å². The Hall–Kier alpha value is -4.96. The summed E-state index contributed by atoms with van der Waals surface area (Å²) in [6.07, 6.45) is 3.51. The number of nitrogens with zero attached hydrogens (tertiary/aromatic N) is 1. The molecule has 45 heavy (non-hydrogen) atoms. The maximum absolute atomic E-state index is 13.5. The van der Waals surface area contributed by atoms with Gasteiger partial charge >= 0.3 is 23.9 Å². The molecular formula is C35H31NO9. The largest absolute Gasteiger partial charge is 0.477 e. The predicted molar refractivity (Wildman–Crippen MR) is 159 cm³/mol. The van der Waals surface area contributed by atoms with E-state index in [-0.39, 0.29) is 40.3 Å². The monoisotopic (exact) mass is 609 g/mol. The van der Waals surface area contributed by atoms with Gasteiger partial charge in [0.25, 0.3) is 0 Å². The maximum Gasteiger partial charge on any atom is 0.347 e. The second kappa shape index (κ2) is 10.9. The molecule has 3 aromatic rings. The summed E-state index contributed by atoms with van der Waals surface area (Å²) < 4.78 is 29.2. The van der Waals surface area contributed by atoms with Crippen molar-refractivity contribution in [3.63, 3.8) is 0 Å². The zero-order valence-electron chi connectivity index (χ0n) is 25.0. The molecule has 10 nitrogen and oxygen atoms in total. The predicted octanol–water partition coefficient (Wildman–Crippen LogP) is 4.78. The first-order valence-electron chi connectivity index (χ1n) is 14.9. The number of para-hydroxylation sites is 2. The van der Waals surface area contributed by atoms with Gasteiger partial charge in [-0.25, -0.2) is 9.59 Å². The van der Waals surface area contributed by atoms with Crippen LogP contribution in [0.5, 0.6) is 23.0 Å². The van der Waals surface area contributed by atoms with Gasteiger partial charge in [-0.1, -0.05) is 30.3 Å². The van der Waals surface area contributed by atoms with Crippen LogP contribution in [0, 0.1) is 5.92 Å². The van der Waals surface area contributed by atoms with Crippen molar-refractivity contribution >= 4 is 23.9 Å². The zero-order valence-corrected chi connectivity index (χ0v) is 25.0. The smallest absolute Gasteiger partial charge is 0.347 e. The summed E-state index contributed by atoms with van der Waals surface area (Å²) in [6, 6.07) is 16.8. The minimum absolute atomic E-state index is 0.0990. The summed E-state index contributed by atoms with van der Waals surface area (Å²) in [7, 11) is 2.14. The number of rotatable bonds is 6. The van der Waals surface area contributed by atoms with Crippen LogP contribution >= 0.6 is 0 Å². The normalized spacial score (nSPS) is 24.0. The molecule has 4 unspecified atom stereocenters. The lowest BCUT2D eigenvalue weighted by atomic mass is 9.53. The number of allylic oxidation sites excluding steroid dienone is 1. The van der Waals surface area contributed by atoms with Crippen molar-refractivity contribution in [1.29, 1.82) is 0 Å². The molecule has 0 amide bonds. The van der Waals surface area contributed by atoms with Gasteiger partial charge in [0.15, 0.2) is 17.6 Å². The highest BCUT2D eigenvalue weighted by Crippen LogP contribution is 2.64. The van der Waals surface area contributed by atoms with E-state index in [0.717, 1.165) is 30.5 Å². The van der Waals surface area contributed by atoms with Crippen LogP contribution in [0.4, 0.5) is 0 Å². The fraction of sp³-hybridized carbons (Fsp3) is 0.314. The van der Waals surface area contributed by atoms with Crippen molar-refractivity contribution in [2.75, 3.05) is 13.6 Å². The molecule has 1 fully saturated rings. The van der Waals surface area contributed by atoms with Crippen LogP contribution in [0.3, 0.4) is 0 Å². The van der Waals surface area contributed by atoms with Gasteiger partial charge in [0.1, 0.15) is 28.4 Å². The van der Waals surface area contributed by atoms with Crippen LogP contribution in [0.15, 0.2) is 72.5 Å². The number of ether oxygens (including phenoxy) is 5. The van der Waals surface area contributed by atoms with E-state index in [2.05, 4.69) is 11.9 Å². The molecule has 0 aromatic heterocycles. The average molecular weight is 610 g/mol. The minimum atomic E-state index is -0.697. The number of hydrogen-bond donors (Lipinski definition) is 0. The summed E-state index contributed by atoms with van der Waals surface area (Å²) in [6.45, 7) is 3.35. The second-order valence-electron chi connectivity index (χ2n) is 11.9. The van der Waals surface area contributed by atoms with Gasteiger partial charge in [0.05, 0.1) is 0 Å². The first-order valence-corrected chi connectivity index (χ1v) is 14.9. The highest BCUT2D eigenvalue weighted by molar-refractivity contribution is 5.95. The molecule has 1 spiro atoms. The van der Waals surface area contributed by atoms with Crippen molar-refractivity contribution in [3.8, 4) is 23.0 Å². The fourth-order valence-electron chi connectivity index (χ4n) is 7.56. The van der Waals surface area contributed by atoms with Crippen molar-refractivity contribution in [1.82, 2.24) is 4.90 Å². The molecule has 0 N–H and O–H groups in total. The topological polar surface area (TPSA) is 118 Å². The van der Waals surface area contributed by atoms with Gasteiger partial charge in [0.2, 0.25) is 0 Å². The highest BCUT2D eigenvalue weighted by Gasteiger charge is 2.65. The number of piperidine rings is 1. The fourth-order valence-corrected chi connectivity index (χ4v) is 7.56. The molecule has 230 valence electrons. The van der Waals surface area contributed by atoms with E-state index in [0.29, 0.717) is 17.9 Å². The summed E-state index contributed by atoms with van der Waals surface area (Å²) in [5.74, 6) is -1.01. The van der Waals surface area contributed by atoms with Gasteiger partial charge in [0, 0.05) is 30.9 Å². The minimum Gasteiger partial charge on any atom is -0.477 e. The molecule has 0 saturated carbocycles. The Kier molecular flexibility index (Phi) is 6.96. The number of likely N-dealkylation sites (tertiary alicyclic amines) is 1. The Labute approximate surface area is 259 Å². The molecule has 2 bridgehead atoms. The van der Waals surface area contributed by atoms with Crippen molar-refractivity contribution < 1.29 is 42.9 Å². The molecular weight excluding hydrogens is 578 g/mol. The number of esters is 4. The first-order chi connectivity index (χ1) is 21.7. The Balaban J connectivity index is 1.26. The van der Waals surface area contributed by atoms with Crippen molar-refractivity contribution in [2.24, 2.45) is 5.92 Å². The number of benzene rings is 3. The van der Waals surface area contributed by atoms with E-state index in [9.17, 15) is 19.2 Å². The lowest BCUT2D eigenvalue weighted by molar-refractivity contribution is -0.132.